The summed E-state index contributed by atoms with van der Waals surface area (Å²) in [5, 5.41) is 1.70. The Labute approximate surface area is 178 Å². The quantitative estimate of drug-likeness (QED) is 0.448. The molecule has 9 heteroatoms. The molecule has 1 aliphatic rings. The number of amides is 2. The van der Waals surface area contributed by atoms with Gasteiger partial charge in [0.05, 0.1) is 22.4 Å². The molecule has 2 amide bonds. The lowest BCUT2D eigenvalue weighted by Gasteiger charge is -2.14. The van der Waals surface area contributed by atoms with E-state index in [1.165, 1.54) is 18.2 Å². The third-order valence-corrected chi connectivity index (χ3v) is 6.34. The van der Waals surface area contributed by atoms with E-state index in [2.05, 4.69) is 4.72 Å². The lowest BCUT2D eigenvalue weighted by atomic mass is 10.1. The maximum absolute atomic E-state index is 12.5. The number of nitrogens with one attached hydrogen (secondary N) is 1. The zero-order valence-corrected chi connectivity index (χ0v) is 17.1. The number of esters is 1. The van der Waals surface area contributed by atoms with Crippen molar-refractivity contribution in [1.82, 2.24) is 9.62 Å². The number of hydrogen-bond acceptors (Lipinski definition) is 6. The Kier molecular flexibility index (Phi) is 5.53. The van der Waals surface area contributed by atoms with Crippen LogP contribution in [0.3, 0.4) is 0 Å². The predicted molar refractivity (Wildman–Crippen MR) is 112 cm³/mol. The normalized spacial score (nSPS) is 13.5. The number of carbonyl (C=O) groups excluding carboxylic acids is 3. The average molecular weight is 438 g/mol. The van der Waals surface area contributed by atoms with Crippen LogP contribution >= 0.6 is 0 Å². The summed E-state index contributed by atoms with van der Waals surface area (Å²) in [5.74, 6) is -1.81. The minimum Gasteiger partial charge on any atom is -0.444 e. The van der Waals surface area contributed by atoms with Crippen LogP contribution in [0.25, 0.3) is 10.8 Å². The molecular formula is C22H18N2O6S. The lowest BCUT2D eigenvalue weighted by Crippen LogP contribution is -2.34. The maximum Gasteiger partial charge on any atom is 0.308 e. The SMILES string of the molecule is O=C(CCNS(=O)(=O)c1ccc2ccccc2c1)OCN1C(=O)c2ccccc2C1=O. The van der Waals surface area contributed by atoms with Crippen molar-refractivity contribution >= 4 is 38.6 Å². The number of ether oxygens (including phenoxy) is 1. The van der Waals surface area contributed by atoms with Gasteiger partial charge >= 0.3 is 5.97 Å². The molecule has 0 fully saturated rings. The maximum atomic E-state index is 12.5. The van der Waals surface area contributed by atoms with Crippen LogP contribution in [0.5, 0.6) is 0 Å². The molecule has 3 aromatic carbocycles. The molecule has 158 valence electrons. The Morgan fingerprint density at radius 3 is 2.16 bits per heavy atom. The smallest absolute Gasteiger partial charge is 0.308 e. The van der Waals surface area contributed by atoms with Crippen molar-refractivity contribution in [3.63, 3.8) is 0 Å². The zero-order chi connectivity index (χ0) is 22.0. The first-order valence-electron chi connectivity index (χ1n) is 9.46. The highest BCUT2D eigenvalue weighted by molar-refractivity contribution is 7.89. The van der Waals surface area contributed by atoms with E-state index in [1.807, 2.05) is 24.3 Å². The summed E-state index contributed by atoms with van der Waals surface area (Å²) in [6.07, 6.45) is -0.254. The van der Waals surface area contributed by atoms with E-state index in [9.17, 15) is 22.8 Å². The van der Waals surface area contributed by atoms with Crippen molar-refractivity contribution in [1.29, 1.82) is 0 Å². The first kappa shape index (κ1) is 20.7. The Bertz CT molecular complexity index is 1270. The van der Waals surface area contributed by atoms with Crippen molar-refractivity contribution < 1.29 is 27.5 Å². The van der Waals surface area contributed by atoms with Gasteiger partial charge in [-0.25, -0.2) is 18.0 Å². The molecule has 1 heterocycles. The summed E-state index contributed by atoms with van der Waals surface area (Å²) in [6, 6.07) is 18.5. The van der Waals surface area contributed by atoms with Crippen LogP contribution in [0.15, 0.2) is 71.6 Å². The molecule has 8 nitrogen and oxygen atoms in total. The van der Waals surface area contributed by atoms with Gasteiger partial charge in [-0.05, 0) is 35.0 Å². The monoisotopic (exact) mass is 438 g/mol. The van der Waals surface area contributed by atoms with Gasteiger partial charge in [0.25, 0.3) is 11.8 Å². The molecule has 0 bridgehead atoms. The molecule has 0 spiro atoms. The zero-order valence-electron chi connectivity index (χ0n) is 16.3. The summed E-state index contributed by atoms with van der Waals surface area (Å²) in [5.41, 5.74) is 0.512. The number of carbonyl (C=O) groups is 3. The van der Waals surface area contributed by atoms with Crippen LogP contribution in [-0.4, -0.2) is 44.4 Å². The van der Waals surface area contributed by atoms with Crippen molar-refractivity contribution in [2.45, 2.75) is 11.3 Å². The van der Waals surface area contributed by atoms with Crippen LogP contribution in [0.4, 0.5) is 0 Å². The standard InChI is InChI=1S/C22H18N2O6S/c25-20(30-14-24-21(26)18-7-3-4-8-19(18)22(24)27)11-12-23-31(28,29)17-10-9-15-5-1-2-6-16(15)13-17/h1-10,13,23H,11-12,14H2. The summed E-state index contributed by atoms with van der Waals surface area (Å²) < 4.78 is 32.3. The highest BCUT2D eigenvalue weighted by atomic mass is 32.2. The Hall–Kier alpha value is -3.56. The van der Waals surface area contributed by atoms with Crippen LogP contribution in [0, 0.1) is 0 Å². The highest BCUT2D eigenvalue weighted by Crippen LogP contribution is 2.22. The van der Waals surface area contributed by atoms with Crippen molar-refractivity contribution in [3.05, 3.63) is 77.9 Å². The number of imide groups is 1. The van der Waals surface area contributed by atoms with Gasteiger partial charge in [0.1, 0.15) is 0 Å². The topological polar surface area (TPSA) is 110 Å². The van der Waals surface area contributed by atoms with Crippen molar-refractivity contribution in [2.75, 3.05) is 13.3 Å². The summed E-state index contributed by atoms with van der Waals surface area (Å²) in [4.78, 5) is 37.4. The van der Waals surface area contributed by atoms with Crippen LogP contribution < -0.4 is 4.72 Å². The second-order valence-electron chi connectivity index (χ2n) is 6.89. The molecule has 31 heavy (non-hydrogen) atoms. The van der Waals surface area contributed by atoms with E-state index in [1.54, 1.807) is 24.3 Å². The summed E-state index contributed by atoms with van der Waals surface area (Å²) >= 11 is 0. The second kappa shape index (κ2) is 8.29. The molecule has 1 aliphatic heterocycles. The van der Waals surface area contributed by atoms with E-state index in [-0.39, 0.29) is 29.0 Å². The molecule has 3 aromatic rings. The first-order chi connectivity index (χ1) is 14.9. The number of hydrogen-bond donors (Lipinski definition) is 1. The second-order valence-corrected chi connectivity index (χ2v) is 8.65. The van der Waals surface area contributed by atoms with Crippen molar-refractivity contribution in [3.8, 4) is 0 Å². The minimum atomic E-state index is -3.81. The molecule has 0 saturated carbocycles. The number of nitrogens with zero attached hydrogens (tertiary/aromatic N) is 1. The van der Waals surface area contributed by atoms with Crippen LogP contribution in [0.2, 0.25) is 0 Å². The average Bonchev–Trinajstić information content (AvgIpc) is 3.02. The van der Waals surface area contributed by atoms with Gasteiger partial charge < -0.3 is 4.74 Å². The summed E-state index contributed by atoms with van der Waals surface area (Å²) in [7, 11) is -3.81. The molecule has 1 N–H and O–H groups in total. The number of benzene rings is 3. The molecule has 0 atom stereocenters. The predicted octanol–water partition coefficient (Wildman–Crippen LogP) is 2.31. The van der Waals surface area contributed by atoms with Gasteiger partial charge in [0, 0.05) is 6.54 Å². The number of sulfonamides is 1. The fourth-order valence-corrected chi connectivity index (χ4v) is 4.34. The number of fused-ring (bicyclic) bond motifs is 2. The van der Waals surface area contributed by atoms with E-state index < -0.39 is 34.5 Å². The van der Waals surface area contributed by atoms with Gasteiger partial charge in [-0.3, -0.25) is 14.4 Å². The van der Waals surface area contributed by atoms with Gasteiger partial charge in [0.15, 0.2) is 6.73 Å². The molecule has 0 saturated heterocycles. The number of rotatable bonds is 7. The molecule has 0 unspecified atom stereocenters. The Morgan fingerprint density at radius 1 is 0.871 bits per heavy atom. The molecule has 4 rings (SSSR count). The van der Waals surface area contributed by atoms with Gasteiger partial charge in [-0.15, -0.1) is 0 Å². The summed E-state index contributed by atoms with van der Waals surface area (Å²) in [6.45, 7) is -0.710. The van der Waals surface area contributed by atoms with Gasteiger partial charge in [-0.1, -0.05) is 42.5 Å². The van der Waals surface area contributed by atoms with E-state index in [0.717, 1.165) is 15.7 Å². The third kappa shape index (κ3) is 4.18. The largest absolute Gasteiger partial charge is 0.444 e. The van der Waals surface area contributed by atoms with Gasteiger partial charge in [-0.2, -0.15) is 0 Å². The van der Waals surface area contributed by atoms with E-state index in [4.69, 9.17) is 4.74 Å². The van der Waals surface area contributed by atoms with E-state index >= 15 is 0 Å². The fraction of sp³-hybridized carbons (Fsp3) is 0.136. The molecule has 0 aromatic heterocycles. The molecule has 0 radical (unpaired) electrons. The van der Waals surface area contributed by atoms with E-state index in [0.29, 0.717) is 0 Å². The van der Waals surface area contributed by atoms with Crippen molar-refractivity contribution in [2.24, 2.45) is 0 Å². The molecular weight excluding hydrogens is 420 g/mol. The lowest BCUT2D eigenvalue weighted by molar-refractivity contribution is -0.146. The Morgan fingerprint density at radius 2 is 1.48 bits per heavy atom. The minimum absolute atomic E-state index is 0.0885. The molecule has 0 aliphatic carbocycles. The first-order valence-corrected chi connectivity index (χ1v) is 10.9. The Balaban J connectivity index is 1.30. The fourth-order valence-electron chi connectivity index (χ4n) is 3.27. The van der Waals surface area contributed by atoms with Gasteiger partial charge in [0.2, 0.25) is 10.0 Å². The van der Waals surface area contributed by atoms with Crippen LogP contribution in [0.1, 0.15) is 27.1 Å². The third-order valence-electron chi connectivity index (χ3n) is 4.89. The van der Waals surface area contributed by atoms with Crippen LogP contribution in [-0.2, 0) is 19.6 Å². The highest BCUT2D eigenvalue weighted by Gasteiger charge is 2.35.